The van der Waals surface area contributed by atoms with Gasteiger partial charge in [-0.3, -0.25) is 9.59 Å². The lowest BCUT2D eigenvalue weighted by Gasteiger charge is -2.22. The van der Waals surface area contributed by atoms with E-state index in [4.69, 9.17) is 27.9 Å². The van der Waals surface area contributed by atoms with Crippen molar-refractivity contribution in [2.45, 2.75) is 26.1 Å². The van der Waals surface area contributed by atoms with Crippen molar-refractivity contribution in [2.24, 2.45) is 0 Å². The van der Waals surface area contributed by atoms with Crippen LogP contribution < -0.4 is 10.1 Å². The Kier molecular flexibility index (Phi) is 6.35. The van der Waals surface area contributed by atoms with Gasteiger partial charge in [0.2, 0.25) is 0 Å². The Bertz CT molecular complexity index is 1200. The molecule has 0 saturated carbocycles. The molecule has 164 valence electrons. The Balaban J connectivity index is 1.58. The van der Waals surface area contributed by atoms with Gasteiger partial charge in [-0.15, -0.1) is 0 Å². The molecule has 0 bridgehead atoms. The van der Waals surface area contributed by atoms with Crippen molar-refractivity contribution in [3.8, 4) is 5.75 Å². The molecular formula is C24H19Cl2FN2O3. The van der Waals surface area contributed by atoms with Gasteiger partial charge >= 0.3 is 0 Å². The van der Waals surface area contributed by atoms with Crippen LogP contribution in [-0.2, 0) is 17.9 Å². The van der Waals surface area contributed by atoms with Gasteiger partial charge in [0.15, 0.2) is 6.10 Å². The summed E-state index contributed by atoms with van der Waals surface area (Å²) in [6.07, 6.45) is -0.723. The predicted octanol–water partition coefficient (Wildman–Crippen LogP) is 5.69. The smallest absolute Gasteiger partial charge is 0.263 e. The minimum absolute atomic E-state index is 0.110. The second-order valence-corrected chi connectivity index (χ2v) is 8.27. The summed E-state index contributed by atoms with van der Waals surface area (Å²) in [7, 11) is 0. The lowest BCUT2D eigenvalue weighted by Crippen LogP contribution is -2.37. The van der Waals surface area contributed by atoms with E-state index >= 15 is 0 Å². The van der Waals surface area contributed by atoms with Crippen LogP contribution in [0.3, 0.4) is 0 Å². The zero-order chi connectivity index (χ0) is 22.8. The molecule has 3 aromatic rings. The number of carbonyl (C=O) groups excluding carboxylic acids is 2. The van der Waals surface area contributed by atoms with E-state index in [1.54, 1.807) is 60.4 Å². The van der Waals surface area contributed by atoms with Crippen molar-refractivity contribution in [3.63, 3.8) is 0 Å². The maximum absolute atomic E-state index is 14.2. The van der Waals surface area contributed by atoms with Crippen LogP contribution in [0.4, 0.5) is 10.1 Å². The van der Waals surface area contributed by atoms with Crippen LogP contribution in [-0.4, -0.2) is 22.8 Å². The zero-order valence-corrected chi connectivity index (χ0v) is 18.6. The summed E-state index contributed by atoms with van der Waals surface area (Å²) in [6, 6.07) is 16.1. The first-order valence-corrected chi connectivity index (χ1v) is 10.7. The molecule has 32 heavy (non-hydrogen) atoms. The summed E-state index contributed by atoms with van der Waals surface area (Å²) in [6.45, 7) is 1.98. The van der Waals surface area contributed by atoms with Crippen molar-refractivity contribution >= 4 is 40.7 Å². The molecular weight excluding hydrogens is 454 g/mol. The zero-order valence-electron chi connectivity index (χ0n) is 17.1. The van der Waals surface area contributed by atoms with Crippen LogP contribution in [0.2, 0.25) is 10.0 Å². The summed E-state index contributed by atoms with van der Waals surface area (Å²) in [4.78, 5) is 27.0. The highest BCUT2D eigenvalue weighted by atomic mass is 35.5. The van der Waals surface area contributed by atoms with Crippen LogP contribution in [0, 0.1) is 5.82 Å². The molecule has 0 aromatic heterocycles. The molecule has 0 fully saturated rings. The van der Waals surface area contributed by atoms with Gasteiger partial charge in [-0.2, -0.15) is 0 Å². The number of nitrogens with zero attached hydrogens (tertiary/aromatic N) is 1. The molecule has 0 spiro atoms. The first-order valence-electron chi connectivity index (χ1n) is 9.90. The molecule has 1 aliphatic heterocycles. The van der Waals surface area contributed by atoms with Gasteiger partial charge in [0.1, 0.15) is 11.6 Å². The van der Waals surface area contributed by atoms with Crippen LogP contribution in [0.25, 0.3) is 0 Å². The number of amides is 2. The van der Waals surface area contributed by atoms with Gasteiger partial charge in [-0.05, 0) is 49.4 Å². The highest BCUT2D eigenvalue weighted by Gasteiger charge is 2.28. The van der Waals surface area contributed by atoms with Crippen LogP contribution in [0.5, 0.6) is 5.75 Å². The van der Waals surface area contributed by atoms with Gasteiger partial charge in [0.05, 0.1) is 10.0 Å². The number of halogens is 3. The van der Waals surface area contributed by atoms with E-state index in [1.165, 1.54) is 12.1 Å². The number of carbonyl (C=O) groups is 2. The number of fused-ring (bicyclic) bond motifs is 1. The number of ether oxygens (including phenoxy) is 1. The minimum atomic E-state index is -0.723. The molecule has 8 heteroatoms. The summed E-state index contributed by atoms with van der Waals surface area (Å²) in [5, 5.41) is 3.46. The predicted molar refractivity (Wildman–Crippen MR) is 122 cm³/mol. The Morgan fingerprint density at radius 1 is 1.12 bits per heavy atom. The van der Waals surface area contributed by atoms with E-state index < -0.39 is 6.10 Å². The minimum Gasteiger partial charge on any atom is -0.481 e. The summed E-state index contributed by atoms with van der Waals surface area (Å²) in [5.74, 6) is -0.438. The topological polar surface area (TPSA) is 58.6 Å². The van der Waals surface area contributed by atoms with Crippen molar-refractivity contribution in [1.82, 2.24) is 4.90 Å². The van der Waals surface area contributed by atoms with Crippen LogP contribution in [0.15, 0.2) is 60.7 Å². The molecule has 1 N–H and O–H groups in total. The van der Waals surface area contributed by atoms with Crippen molar-refractivity contribution in [2.75, 3.05) is 5.32 Å². The molecule has 1 atom stereocenters. The van der Waals surface area contributed by atoms with E-state index in [9.17, 15) is 14.0 Å². The molecule has 2 amide bonds. The SMILES string of the molecule is C[C@H]1Oc2ccc(NC(=O)c3ccc(Cl)c(Cl)c3)cc2CN(Cc2ccccc2F)C1=O. The number of hydrogen-bond donors (Lipinski definition) is 1. The maximum Gasteiger partial charge on any atom is 0.263 e. The van der Waals surface area contributed by atoms with Gasteiger partial charge in [0, 0.05) is 35.5 Å². The van der Waals surface area contributed by atoms with Crippen molar-refractivity contribution in [1.29, 1.82) is 0 Å². The van der Waals surface area contributed by atoms with Crippen LogP contribution >= 0.6 is 23.2 Å². The first-order chi connectivity index (χ1) is 15.3. The summed E-state index contributed by atoms with van der Waals surface area (Å²) in [5.41, 5.74) is 2.00. The molecule has 0 unspecified atom stereocenters. The summed E-state index contributed by atoms with van der Waals surface area (Å²) >= 11 is 11.9. The van der Waals surface area contributed by atoms with Gasteiger partial charge in [0.25, 0.3) is 11.8 Å². The molecule has 3 aromatic carbocycles. The van der Waals surface area contributed by atoms with Gasteiger partial charge < -0.3 is 15.0 Å². The second-order valence-electron chi connectivity index (χ2n) is 7.45. The van der Waals surface area contributed by atoms with Gasteiger partial charge in [-0.25, -0.2) is 4.39 Å². The third kappa shape index (κ3) is 4.71. The lowest BCUT2D eigenvalue weighted by atomic mass is 10.1. The van der Waals surface area contributed by atoms with Crippen LogP contribution in [0.1, 0.15) is 28.4 Å². The number of hydrogen-bond acceptors (Lipinski definition) is 3. The quantitative estimate of drug-likeness (QED) is 0.530. The Morgan fingerprint density at radius 3 is 2.66 bits per heavy atom. The third-order valence-electron chi connectivity index (χ3n) is 5.14. The van der Waals surface area contributed by atoms with E-state index in [0.717, 1.165) is 0 Å². The van der Waals surface area contributed by atoms with E-state index in [-0.39, 0.29) is 35.7 Å². The molecule has 0 aliphatic carbocycles. The Labute approximate surface area is 194 Å². The fourth-order valence-corrected chi connectivity index (χ4v) is 3.78. The highest BCUT2D eigenvalue weighted by molar-refractivity contribution is 6.42. The van der Waals surface area contributed by atoms with Crippen molar-refractivity contribution in [3.05, 3.63) is 93.2 Å². The number of anilines is 1. The number of rotatable bonds is 4. The lowest BCUT2D eigenvalue weighted by molar-refractivity contribution is -0.138. The normalized spacial score (nSPS) is 15.6. The average molecular weight is 473 g/mol. The first kappa shape index (κ1) is 22.1. The molecule has 5 nitrogen and oxygen atoms in total. The van der Waals surface area contributed by atoms with Crippen molar-refractivity contribution < 1.29 is 18.7 Å². The molecule has 4 rings (SSSR count). The molecule has 1 heterocycles. The average Bonchev–Trinajstić information content (AvgIpc) is 2.88. The third-order valence-corrected chi connectivity index (χ3v) is 5.88. The standard InChI is InChI=1S/C24H19Cl2FN2O3/c1-14-24(31)29(12-16-4-2-3-5-21(16)27)13-17-10-18(7-9-22(17)32-14)28-23(30)15-6-8-19(25)20(26)11-15/h2-11,14H,12-13H2,1H3,(H,28,30)/t14-/m1/s1. The largest absolute Gasteiger partial charge is 0.481 e. The second kappa shape index (κ2) is 9.18. The number of nitrogens with one attached hydrogen (secondary N) is 1. The summed E-state index contributed by atoms with van der Waals surface area (Å²) < 4.78 is 20.0. The molecule has 0 radical (unpaired) electrons. The molecule has 0 saturated heterocycles. The maximum atomic E-state index is 14.2. The fourth-order valence-electron chi connectivity index (χ4n) is 3.48. The fraction of sp³-hybridized carbons (Fsp3) is 0.167. The Hall–Kier alpha value is -3.09. The Morgan fingerprint density at radius 2 is 1.91 bits per heavy atom. The van der Waals surface area contributed by atoms with E-state index in [2.05, 4.69) is 5.32 Å². The molecule has 1 aliphatic rings. The highest BCUT2D eigenvalue weighted by Crippen LogP contribution is 2.30. The van der Waals surface area contributed by atoms with E-state index in [0.29, 0.717) is 33.1 Å². The van der Waals surface area contributed by atoms with E-state index in [1.807, 2.05) is 0 Å². The monoisotopic (exact) mass is 472 g/mol. The number of benzene rings is 3. The van der Waals surface area contributed by atoms with Gasteiger partial charge in [-0.1, -0.05) is 41.4 Å².